The molecule has 0 aromatic heterocycles. The highest BCUT2D eigenvalue weighted by Gasteiger charge is 2.24. The molecule has 0 amide bonds. The molecule has 0 bridgehead atoms. The molecule has 1 atom stereocenters. The van der Waals surface area contributed by atoms with Crippen LogP contribution >= 0.6 is 0 Å². The van der Waals surface area contributed by atoms with E-state index in [1.807, 2.05) is 37.3 Å². The lowest BCUT2D eigenvalue weighted by Gasteiger charge is -2.23. The summed E-state index contributed by atoms with van der Waals surface area (Å²) in [6.07, 6.45) is 2.24. The lowest BCUT2D eigenvalue weighted by molar-refractivity contribution is 0.458. The van der Waals surface area contributed by atoms with Gasteiger partial charge in [0, 0.05) is 0 Å². The topological polar surface area (TPSA) is 35.8 Å². The van der Waals surface area contributed by atoms with E-state index in [0.717, 1.165) is 24.9 Å². The van der Waals surface area contributed by atoms with E-state index in [1.54, 1.807) is 0 Å². The van der Waals surface area contributed by atoms with Crippen LogP contribution in [0.1, 0.15) is 32.3 Å². The monoisotopic (exact) mass is 202 g/mol. The summed E-state index contributed by atoms with van der Waals surface area (Å²) in [6, 6.07) is 12.2. The molecular weight excluding hydrogens is 184 g/mol. The van der Waals surface area contributed by atoms with Gasteiger partial charge < -0.3 is 0 Å². The van der Waals surface area contributed by atoms with Crippen LogP contribution in [0.5, 0.6) is 0 Å². The van der Waals surface area contributed by atoms with Crippen LogP contribution < -0.4 is 5.32 Å². The van der Waals surface area contributed by atoms with E-state index in [-0.39, 0.29) is 0 Å². The third-order valence-electron chi connectivity index (χ3n) is 2.58. The average molecular weight is 202 g/mol. The second-order valence-electron chi connectivity index (χ2n) is 3.88. The molecule has 80 valence electrons. The Hall–Kier alpha value is -1.33. The number of unbranched alkanes of at least 4 members (excludes halogenated alkanes) is 1. The van der Waals surface area contributed by atoms with E-state index in [9.17, 15) is 5.26 Å². The zero-order valence-electron chi connectivity index (χ0n) is 9.46. The first kappa shape index (κ1) is 11.7. The van der Waals surface area contributed by atoms with Gasteiger partial charge in [0.25, 0.3) is 0 Å². The minimum atomic E-state index is -0.559. The molecule has 15 heavy (non-hydrogen) atoms. The van der Waals surface area contributed by atoms with E-state index in [2.05, 4.69) is 18.3 Å². The number of nitrogens with zero attached hydrogens (tertiary/aromatic N) is 1. The number of nitrogens with one attached hydrogen (secondary N) is 1. The summed E-state index contributed by atoms with van der Waals surface area (Å²) in [6.45, 7) is 4.96. The highest BCUT2D eigenvalue weighted by Crippen LogP contribution is 2.19. The van der Waals surface area contributed by atoms with Crippen molar-refractivity contribution in [1.82, 2.24) is 5.32 Å². The maximum atomic E-state index is 9.23. The Balaban J connectivity index is 2.73. The highest BCUT2D eigenvalue weighted by molar-refractivity contribution is 5.29. The molecule has 2 nitrogen and oxygen atoms in total. The van der Waals surface area contributed by atoms with Crippen LogP contribution in [0.15, 0.2) is 30.3 Å². The van der Waals surface area contributed by atoms with Gasteiger partial charge in [0.05, 0.1) is 6.07 Å². The number of nitriles is 1. The number of hydrogen-bond donors (Lipinski definition) is 1. The Bertz CT molecular complexity index is 326. The molecule has 2 heteroatoms. The maximum Gasteiger partial charge on any atom is 0.129 e. The maximum absolute atomic E-state index is 9.23. The van der Waals surface area contributed by atoms with Crippen molar-refractivity contribution < 1.29 is 0 Å². The van der Waals surface area contributed by atoms with Gasteiger partial charge in [0.2, 0.25) is 0 Å². The van der Waals surface area contributed by atoms with Crippen LogP contribution in [-0.2, 0) is 5.54 Å². The predicted molar refractivity (Wildman–Crippen MR) is 62.3 cm³/mol. The molecule has 0 saturated heterocycles. The summed E-state index contributed by atoms with van der Waals surface area (Å²) >= 11 is 0. The van der Waals surface area contributed by atoms with Gasteiger partial charge in [-0.2, -0.15) is 5.26 Å². The van der Waals surface area contributed by atoms with Crippen LogP contribution in [0.3, 0.4) is 0 Å². The van der Waals surface area contributed by atoms with Crippen molar-refractivity contribution in [3.8, 4) is 6.07 Å². The second kappa shape index (κ2) is 5.53. The van der Waals surface area contributed by atoms with Gasteiger partial charge in [-0.15, -0.1) is 0 Å². The van der Waals surface area contributed by atoms with Crippen LogP contribution in [0, 0.1) is 11.3 Å². The van der Waals surface area contributed by atoms with Gasteiger partial charge in [-0.05, 0) is 25.5 Å². The molecule has 0 aliphatic heterocycles. The fourth-order valence-electron chi connectivity index (χ4n) is 1.49. The number of benzene rings is 1. The van der Waals surface area contributed by atoms with Crippen molar-refractivity contribution in [1.29, 1.82) is 5.26 Å². The van der Waals surface area contributed by atoms with E-state index >= 15 is 0 Å². The molecule has 0 saturated carbocycles. The SMILES string of the molecule is CCCCNC(C)(C#N)c1ccccc1. The number of rotatable bonds is 5. The highest BCUT2D eigenvalue weighted by atomic mass is 15.0. The quantitative estimate of drug-likeness (QED) is 0.745. The van der Waals surface area contributed by atoms with E-state index in [0.29, 0.717) is 0 Å². The molecule has 1 N–H and O–H groups in total. The van der Waals surface area contributed by atoms with Crippen LogP contribution in [0.4, 0.5) is 0 Å². The Kier molecular flexibility index (Phi) is 4.33. The largest absolute Gasteiger partial charge is 0.296 e. The van der Waals surface area contributed by atoms with Crippen molar-refractivity contribution in [2.45, 2.75) is 32.2 Å². The van der Waals surface area contributed by atoms with Crippen molar-refractivity contribution in [3.05, 3.63) is 35.9 Å². The van der Waals surface area contributed by atoms with Gasteiger partial charge in [-0.1, -0.05) is 43.7 Å². The normalized spacial score (nSPS) is 14.2. The Morgan fingerprint density at radius 2 is 2.00 bits per heavy atom. The predicted octanol–water partition coefficient (Wildman–Crippen LogP) is 2.82. The summed E-state index contributed by atoms with van der Waals surface area (Å²) < 4.78 is 0. The molecular formula is C13H18N2. The summed E-state index contributed by atoms with van der Waals surface area (Å²) in [5, 5.41) is 12.5. The van der Waals surface area contributed by atoms with E-state index in [1.165, 1.54) is 0 Å². The summed E-state index contributed by atoms with van der Waals surface area (Å²) in [5.74, 6) is 0. The van der Waals surface area contributed by atoms with Crippen molar-refractivity contribution in [2.24, 2.45) is 0 Å². The molecule has 1 unspecified atom stereocenters. The van der Waals surface area contributed by atoms with Crippen LogP contribution in [0.2, 0.25) is 0 Å². The molecule has 0 heterocycles. The van der Waals surface area contributed by atoms with Gasteiger partial charge in [0.15, 0.2) is 0 Å². The minimum absolute atomic E-state index is 0.559. The third-order valence-corrected chi connectivity index (χ3v) is 2.58. The minimum Gasteiger partial charge on any atom is -0.296 e. The molecule has 0 radical (unpaired) electrons. The zero-order valence-corrected chi connectivity index (χ0v) is 9.46. The first-order valence-corrected chi connectivity index (χ1v) is 5.44. The van der Waals surface area contributed by atoms with Gasteiger partial charge in [-0.25, -0.2) is 0 Å². The molecule has 1 rings (SSSR count). The molecule has 1 aromatic carbocycles. The van der Waals surface area contributed by atoms with E-state index in [4.69, 9.17) is 0 Å². The lowest BCUT2D eigenvalue weighted by Crippen LogP contribution is -2.38. The van der Waals surface area contributed by atoms with Crippen LogP contribution in [-0.4, -0.2) is 6.54 Å². The van der Waals surface area contributed by atoms with E-state index < -0.39 is 5.54 Å². The Morgan fingerprint density at radius 3 is 2.53 bits per heavy atom. The molecule has 1 aromatic rings. The smallest absolute Gasteiger partial charge is 0.129 e. The number of hydrogen-bond acceptors (Lipinski definition) is 2. The van der Waals surface area contributed by atoms with Crippen molar-refractivity contribution >= 4 is 0 Å². The molecule has 0 aliphatic rings. The Morgan fingerprint density at radius 1 is 1.33 bits per heavy atom. The standard InChI is InChI=1S/C13H18N2/c1-3-4-10-15-13(2,11-14)12-8-6-5-7-9-12/h5-9,15H,3-4,10H2,1-2H3. The summed E-state index contributed by atoms with van der Waals surface area (Å²) in [4.78, 5) is 0. The first-order chi connectivity index (χ1) is 7.23. The summed E-state index contributed by atoms with van der Waals surface area (Å²) in [7, 11) is 0. The zero-order chi connectivity index (χ0) is 11.1. The molecule has 0 fully saturated rings. The first-order valence-electron chi connectivity index (χ1n) is 5.44. The third kappa shape index (κ3) is 3.07. The molecule has 0 spiro atoms. The van der Waals surface area contributed by atoms with Crippen molar-refractivity contribution in [2.75, 3.05) is 6.54 Å². The average Bonchev–Trinajstić information content (AvgIpc) is 2.30. The lowest BCUT2D eigenvalue weighted by atomic mass is 9.93. The summed E-state index contributed by atoms with van der Waals surface area (Å²) in [5.41, 5.74) is 0.472. The van der Waals surface area contributed by atoms with Gasteiger partial charge in [0.1, 0.15) is 5.54 Å². The van der Waals surface area contributed by atoms with Gasteiger partial charge >= 0.3 is 0 Å². The van der Waals surface area contributed by atoms with Crippen molar-refractivity contribution in [3.63, 3.8) is 0 Å². The fourth-order valence-corrected chi connectivity index (χ4v) is 1.49. The van der Waals surface area contributed by atoms with Crippen LogP contribution in [0.25, 0.3) is 0 Å². The second-order valence-corrected chi connectivity index (χ2v) is 3.88. The fraction of sp³-hybridized carbons (Fsp3) is 0.462. The van der Waals surface area contributed by atoms with Gasteiger partial charge in [-0.3, -0.25) is 5.32 Å². The molecule has 0 aliphatic carbocycles. The Labute approximate surface area is 91.9 Å².